The Morgan fingerprint density at radius 3 is 2.36 bits per heavy atom. The van der Waals surface area contributed by atoms with Gasteiger partial charge in [-0.1, -0.05) is 0 Å². The lowest BCUT2D eigenvalue weighted by atomic mass is 10.2. The lowest BCUT2D eigenvalue weighted by Gasteiger charge is -2.20. The van der Waals surface area contributed by atoms with Crippen LogP contribution in [0.3, 0.4) is 0 Å². The van der Waals surface area contributed by atoms with Crippen LogP contribution < -0.4 is 5.32 Å². The molecule has 2 amide bonds. The van der Waals surface area contributed by atoms with Crippen LogP contribution in [0.2, 0.25) is 0 Å². The molecular weight excluding hydrogens is 287 g/mol. The number of carbonyl (C=O) groups is 2. The third kappa shape index (κ3) is 7.06. The van der Waals surface area contributed by atoms with E-state index in [-0.39, 0.29) is 24.2 Å². The van der Waals surface area contributed by atoms with E-state index >= 15 is 0 Å². The van der Waals surface area contributed by atoms with Crippen LogP contribution in [-0.2, 0) is 9.53 Å². The van der Waals surface area contributed by atoms with Crippen molar-refractivity contribution in [2.45, 2.75) is 39.2 Å². The first-order valence-electron chi connectivity index (χ1n) is 7.17. The zero-order valence-electron chi connectivity index (χ0n) is 13.5. The topological polar surface area (TPSA) is 58.6 Å². The fraction of sp³-hybridized carbons (Fsp3) is 0.500. The van der Waals surface area contributed by atoms with Gasteiger partial charge in [0.25, 0.3) is 0 Å². The maximum atomic E-state index is 12.8. The zero-order chi connectivity index (χ0) is 16.8. The number of carbonyl (C=O) groups excluding carboxylic acids is 2. The minimum Gasteiger partial charge on any atom is -0.460 e. The molecule has 0 unspecified atom stereocenters. The lowest BCUT2D eigenvalue weighted by Crippen LogP contribution is -2.32. The Morgan fingerprint density at radius 1 is 1.23 bits per heavy atom. The Kier molecular flexibility index (Phi) is 6.34. The number of nitrogens with zero attached hydrogens (tertiary/aromatic N) is 1. The molecule has 0 aliphatic rings. The molecule has 1 aromatic rings. The summed E-state index contributed by atoms with van der Waals surface area (Å²) in [7, 11) is 1.63. The summed E-state index contributed by atoms with van der Waals surface area (Å²) in [5.41, 5.74) is 0.0218. The van der Waals surface area contributed by atoms with E-state index in [9.17, 15) is 14.0 Å². The Labute approximate surface area is 130 Å². The van der Waals surface area contributed by atoms with Gasteiger partial charge in [-0.2, -0.15) is 0 Å². The highest BCUT2D eigenvalue weighted by molar-refractivity contribution is 5.89. The fourth-order valence-electron chi connectivity index (χ4n) is 1.71. The van der Waals surface area contributed by atoms with E-state index in [0.29, 0.717) is 18.7 Å². The van der Waals surface area contributed by atoms with Crippen LogP contribution in [0, 0.1) is 5.82 Å². The molecule has 122 valence electrons. The lowest BCUT2D eigenvalue weighted by molar-refractivity contribution is -0.154. The summed E-state index contributed by atoms with van der Waals surface area (Å²) in [5.74, 6) is -0.636. The minimum atomic E-state index is -0.497. The van der Waals surface area contributed by atoms with Gasteiger partial charge < -0.3 is 15.0 Å². The van der Waals surface area contributed by atoms with E-state index in [2.05, 4.69) is 5.32 Å². The smallest absolute Gasteiger partial charge is 0.321 e. The maximum Gasteiger partial charge on any atom is 0.321 e. The second-order valence-corrected chi connectivity index (χ2v) is 6.05. The molecule has 0 heterocycles. The largest absolute Gasteiger partial charge is 0.460 e. The van der Waals surface area contributed by atoms with Gasteiger partial charge in [0.1, 0.15) is 11.4 Å². The molecule has 5 nitrogen and oxygen atoms in total. The van der Waals surface area contributed by atoms with Gasteiger partial charge >= 0.3 is 12.0 Å². The van der Waals surface area contributed by atoms with Crippen LogP contribution in [0.5, 0.6) is 0 Å². The summed E-state index contributed by atoms with van der Waals surface area (Å²) in [6.45, 7) is 5.86. The van der Waals surface area contributed by atoms with Crippen molar-refractivity contribution in [3.63, 3.8) is 0 Å². The first-order valence-corrected chi connectivity index (χ1v) is 7.17. The number of rotatable bonds is 5. The highest BCUT2D eigenvalue weighted by Gasteiger charge is 2.16. The monoisotopic (exact) mass is 310 g/mol. The second kappa shape index (κ2) is 7.77. The fourth-order valence-corrected chi connectivity index (χ4v) is 1.71. The van der Waals surface area contributed by atoms with Crippen molar-refractivity contribution in [1.29, 1.82) is 0 Å². The molecule has 0 spiro atoms. The van der Waals surface area contributed by atoms with E-state index in [4.69, 9.17) is 4.74 Å². The van der Waals surface area contributed by atoms with E-state index in [0.717, 1.165) is 0 Å². The predicted octanol–water partition coefficient (Wildman–Crippen LogP) is 3.41. The van der Waals surface area contributed by atoms with Crippen molar-refractivity contribution in [2.75, 3.05) is 18.9 Å². The number of anilines is 1. The van der Waals surface area contributed by atoms with Crippen molar-refractivity contribution in [3.8, 4) is 0 Å². The molecule has 0 aromatic heterocycles. The summed E-state index contributed by atoms with van der Waals surface area (Å²) >= 11 is 0. The number of benzene rings is 1. The van der Waals surface area contributed by atoms with Gasteiger partial charge in [-0.05, 0) is 51.5 Å². The summed E-state index contributed by atoms with van der Waals surface area (Å²) in [5, 5.41) is 2.65. The van der Waals surface area contributed by atoms with Crippen molar-refractivity contribution >= 4 is 17.7 Å². The van der Waals surface area contributed by atoms with E-state index in [1.807, 2.05) is 20.8 Å². The summed E-state index contributed by atoms with van der Waals surface area (Å²) in [4.78, 5) is 24.9. The normalized spacial score (nSPS) is 11.0. The number of ether oxygens (including phenoxy) is 1. The van der Waals surface area contributed by atoms with Crippen molar-refractivity contribution in [2.24, 2.45) is 0 Å². The van der Waals surface area contributed by atoms with Gasteiger partial charge in [-0.3, -0.25) is 4.79 Å². The summed E-state index contributed by atoms with van der Waals surface area (Å²) in [6, 6.07) is 5.22. The van der Waals surface area contributed by atoms with Crippen molar-refractivity contribution in [3.05, 3.63) is 30.1 Å². The molecule has 0 radical (unpaired) electrons. The van der Waals surface area contributed by atoms with Gasteiger partial charge in [-0.15, -0.1) is 0 Å². The number of amides is 2. The average molecular weight is 310 g/mol. The molecule has 1 N–H and O–H groups in total. The first kappa shape index (κ1) is 17.9. The zero-order valence-corrected chi connectivity index (χ0v) is 13.5. The molecule has 0 saturated carbocycles. The molecule has 0 atom stereocenters. The quantitative estimate of drug-likeness (QED) is 0.848. The van der Waals surface area contributed by atoms with Crippen LogP contribution >= 0.6 is 0 Å². The minimum absolute atomic E-state index is 0.255. The molecule has 0 aliphatic carbocycles. The molecule has 0 aliphatic heterocycles. The maximum absolute atomic E-state index is 12.8. The van der Waals surface area contributed by atoms with Crippen molar-refractivity contribution in [1.82, 2.24) is 4.90 Å². The summed E-state index contributed by atoms with van der Waals surface area (Å²) < 4.78 is 18.0. The molecule has 22 heavy (non-hydrogen) atoms. The van der Waals surface area contributed by atoms with Crippen LogP contribution in [-0.4, -0.2) is 36.1 Å². The molecule has 0 fully saturated rings. The van der Waals surface area contributed by atoms with Crippen LogP contribution in [0.25, 0.3) is 0 Å². The Balaban J connectivity index is 2.32. The third-order valence-electron chi connectivity index (χ3n) is 2.74. The van der Waals surface area contributed by atoms with Gasteiger partial charge in [0, 0.05) is 25.7 Å². The van der Waals surface area contributed by atoms with E-state index < -0.39 is 5.60 Å². The predicted molar refractivity (Wildman–Crippen MR) is 83.1 cm³/mol. The van der Waals surface area contributed by atoms with Crippen LogP contribution in [0.1, 0.15) is 33.6 Å². The molecule has 0 bridgehead atoms. The Morgan fingerprint density at radius 2 is 1.82 bits per heavy atom. The SMILES string of the molecule is CN(CCCC(=O)OC(C)(C)C)C(=O)Nc1ccc(F)cc1. The first-order chi connectivity index (χ1) is 10.2. The highest BCUT2D eigenvalue weighted by atomic mass is 19.1. The Hall–Kier alpha value is -2.11. The van der Waals surface area contributed by atoms with Crippen LogP contribution in [0.15, 0.2) is 24.3 Å². The van der Waals surface area contributed by atoms with Gasteiger partial charge in [0.15, 0.2) is 0 Å². The van der Waals surface area contributed by atoms with E-state index in [1.54, 1.807) is 7.05 Å². The molecule has 1 rings (SSSR count). The number of halogens is 1. The number of esters is 1. The number of hydrogen-bond acceptors (Lipinski definition) is 3. The number of nitrogens with one attached hydrogen (secondary N) is 1. The molecule has 1 aromatic carbocycles. The standard InChI is InChI=1S/C16H23FN2O3/c1-16(2,3)22-14(20)6-5-11-19(4)15(21)18-13-9-7-12(17)8-10-13/h7-10H,5-6,11H2,1-4H3,(H,18,21). The summed E-state index contributed by atoms with van der Waals surface area (Å²) in [6.07, 6.45) is 0.772. The molecular formula is C16H23FN2O3. The van der Waals surface area contributed by atoms with Crippen molar-refractivity contribution < 1.29 is 18.7 Å². The average Bonchev–Trinajstić information content (AvgIpc) is 2.39. The van der Waals surface area contributed by atoms with Gasteiger partial charge in [0.05, 0.1) is 0 Å². The van der Waals surface area contributed by atoms with Gasteiger partial charge in [-0.25, -0.2) is 9.18 Å². The molecule has 6 heteroatoms. The third-order valence-corrected chi connectivity index (χ3v) is 2.74. The van der Waals surface area contributed by atoms with Crippen LogP contribution in [0.4, 0.5) is 14.9 Å². The Bertz CT molecular complexity index is 509. The number of urea groups is 1. The van der Waals surface area contributed by atoms with E-state index in [1.165, 1.54) is 29.2 Å². The number of hydrogen-bond donors (Lipinski definition) is 1. The van der Waals surface area contributed by atoms with Gasteiger partial charge in [0.2, 0.25) is 0 Å². The molecule has 0 saturated heterocycles. The highest BCUT2D eigenvalue weighted by Crippen LogP contribution is 2.11. The second-order valence-electron chi connectivity index (χ2n) is 6.05.